The molecule has 1 aliphatic heterocycles. The van der Waals surface area contributed by atoms with Crippen LogP contribution in [0.5, 0.6) is 0 Å². The minimum atomic E-state index is -3.36. The van der Waals surface area contributed by atoms with E-state index < -0.39 is 10.0 Å². The first-order valence-corrected chi connectivity index (χ1v) is 9.54. The molecule has 1 aromatic heterocycles. The summed E-state index contributed by atoms with van der Waals surface area (Å²) < 4.78 is 27.9. The SMILES string of the molecule is Cc1sc(Br)cc1S(=O)(=O)NCCC1CCCNC1.Cl. The lowest BCUT2D eigenvalue weighted by Crippen LogP contribution is -2.33. The number of sulfonamides is 1. The summed E-state index contributed by atoms with van der Waals surface area (Å²) in [4.78, 5) is 1.21. The number of aryl methyl sites for hydroxylation is 1. The van der Waals surface area contributed by atoms with E-state index in [9.17, 15) is 8.42 Å². The molecular formula is C12H20BrClN2O2S2. The van der Waals surface area contributed by atoms with Crippen LogP contribution in [-0.4, -0.2) is 28.1 Å². The summed E-state index contributed by atoms with van der Waals surface area (Å²) in [6.45, 7) is 4.44. The predicted molar refractivity (Wildman–Crippen MR) is 89.4 cm³/mol. The maximum atomic E-state index is 12.2. The Balaban J connectivity index is 0.00000200. The molecule has 2 rings (SSSR count). The van der Waals surface area contributed by atoms with E-state index >= 15 is 0 Å². The molecular weight excluding hydrogens is 384 g/mol. The van der Waals surface area contributed by atoms with Crippen molar-refractivity contribution in [3.05, 3.63) is 14.7 Å². The van der Waals surface area contributed by atoms with Crippen molar-refractivity contribution in [2.75, 3.05) is 19.6 Å². The number of thiophene rings is 1. The molecule has 2 heterocycles. The molecule has 0 radical (unpaired) electrons. The fourth-order valence-corrected chi connectivity index (χ4v) is 5.80. The molecule has 2 N–H and O–H groups in total. The molecule has 116 valence electrons. The van der Waals surface area contributed by atoms with Gasteiger partial charge >= 0.3 is 0 Å². The molecule has 4 nitrogen and oxygen atoms in total. The standard InChI is InChI=1S/C12H19BrN2O2S2.ClH/c1-9-11(7-12(13)18-9)19(16,17)15-6-4-10-3-2-5-14-8-10;/h7,10,14-15H,2-6,8H2,1H3;1H. The summed E-state index contributed by atoms with van der Waals surface area (Å²) in [5.74, 6) is 0.590. The van der Waals surface area contributed by atoms with Gasteiger partial charge in [-0.1, -0.05) is 0 Å². The van der Waals surface area contributed by atoms with Gasteiger partial charge in [0.1, 0.15) is 0 Å². The van der Waals surface area contributed by atoms with Gasteiger partial charge < -0.3 is 5.32 Å². The van der Waals surface area contributed by atoms with E-state index in [0.29, 0.717) is 17.4 Å². The fraction of sp³-hybridized carbons (Fsp3) is 0.667. The van der Waals surface area contributed by atoms with Crippen LogP contribution in [0.15, 0.2) is 14.7 Å². The molecule has 0 saturated carbocycles. The van der Waals surface area contributed by atoms with Gasteiger partial charge in [-0.3, -0.25) is 0 Å². The van der Waals surface area contributed by atoms with Crippen molar-refractivity contribution >= 4 is 49.7 Å². The summed E-state index contributed by atoms with van der Waals surface area (Å²) in [5, 5.41) is 3.34. The topological polar surface area (TPSA) is 58.2 Å². The molecule has 1 unspecified atom stereocenters. The van der Waals surface area contributed by atoms with Crippen LogP contribution in [0.4, 0.5) is 0 Å². The molecule has 1 fully saturated rings. The molecule has 1 aliphatic rings. The molecule has 0 spiro atoms. The van der Waals surface area contributed by atoms with Crippen molar-refractivity contribution in [2.24, 2.45) is 5.92 Å². The van der Waals surface area contributed by atoms with Gasteiger partial charge in [0, 0.05) is 11.4 Å². The summed E-state index contributed by atoms with van der Waals surface area (Å²) in [7, 11) is -3.36. The van der Waals surface area contributed by atoms with E-state index in [1.165, 1.54) is 24.2 Å². The highest BCUT2D eigenvalue weighted by atomic mass is 79.9. The van der Waals surface area contributed by atoms with E-state index in [0.717, 1.165) is 28.2 Å². The van der Waals surface area contributed by atoms with Crippen molar-refractivity contribution in [2.45, 2.75) is 31.1 Å². The summed E-state index contributed by atoms with van der Waals surface area (Å²) in [5.41, 5.74) is 0. The van der Waals surface area contributed by atoms with Crippen LogP contribution in [0, 0.1) is 12.8 Å². The number of hydrogen-bond acceptors (Lipinski definition) is 4. The fourth-order valence-electron chi connectivity index (χ4n) is 2.34. The lowest BCUT2D eigenvalue weighted by Gasteiger charge is -2.22. The largest absolute Gasteiger partial charge is 0.316 e. The summed E-state index contributed by atoms with van der Waals surface area (Å²) >= 11 is 4.77. The molecule has 0 bridgehead atoms. The smallest absolute Gasteiger partial charge is 0.241 e. The Labute approximate surface area is 139 Å². The molecule has 0 aliphatic carbocycles. The average molecular weight is 404 g/mol. The summed E-state index contributed by atoms with van der Waals surface area (Å²) in [6.07, 6.45) is 3.28. The number of rotatable bonds is 5. The van der Waals surface area contributed by atoms with E-state index in [1.54, 1.807) is 6.07 Å². The monoisotopic (exact) mass is 402 g/mol. The van der Waals surface area contributed by atoms with Crippen LogP contribution < -0.4 is 10.0 Å². The van der Waals surface area contributed by atoms with Crippen molar-refractivity contribution in [1.82, 2.24) is 10.0 Å². The molecule has 1 saturated heterocycles. The van der Waals surface area contributed by atoms with Crippen molar-refractivity contribution in [3.63, 3.8) is 0 Å². The highest BCUT2D eigenvalue weighted by Gasteiger charge is 2.20. The van der Waals surface area contributed by atoms with Crippen LogP contribution >= 0.6 is 39.7 Å². The quantitative estimate of drug-likeness (QED) is 0.795. The zero-order chi connectivity index (χ0) is 13.9. The molecule has 0 amide bonds. The van der Waals surface area contributed by atoms with Gasteiger partial charge in [-0.2, -0.15) is 0 Å². The van der Waals surface area contributed by atoms with E-state index in [1.807, 2.05) is 6.92 Å². The second kappa shape index (κ2) is 8.10. The second-order valence-corrected chi connectivity index (χ2v) is 9.24. The Morgan fingerprint density at radius 2 is 2.30 bits per heavy atom. The highest BCUT2D eigenvalue weighted by molar-refractivity contribution is 9.11. The minimum absolute atomic E-state index is 0. The van der Waals surface area contributed by atoms with Gasteiger partial charge in [0.2, 0.25) is 10.0 Å². The lowest BCUT2D eigenvalue weighted by atomic mass is 9.96. The molecule has 0 aromatic carbocycles. The highest BCUT2D eigenvalue weighted by Crippen LogP contribution is 2.29. The van der Waals surface area contributed by atoms with Gasteiger partial charge in [0.05, 0.1) is 8.68 Å². The van der Waals surface area contributed by atoms with Gasteiger partial charge in [0.25, 0.3) is 0 Å². The third-order valence-electron chi connectivity index (χ3n) is 3.38. The van der Waals surface area contributed by atoms with Crippen molar-refractivity contribution in [1.29, 1.82) is 0 Å². The maximum absolute atomic E-state index is 12.2. The Hall–Kier alpha value is 0.340. The Kier molecular flexibility index (Phi) is 7.45. The van der Waals surface area contributed by atoms with E-state index in [2.05, 4.69) is 26.0 Å². The number of piperidine rings is 1. The van der Waals surface area contributed by atoms with Crippen LogP contribution in [0.2, 0.25) is 0 Å². The Morgan fingerprint density at radius 3 is 2.85 bits per heavy atom. The second-order valence-electron chi connectivity index (χ2n) is 4.87. The molecule has 1 atom stereocenters. The third-order valence-corrected chi connectivity index (χ3v) is 6.65. The van der Waals surface area contributed by atoms with Crippen molar-refractivity contribution < 1.29 is 8.42 Å². The van der Waals surface area contributed by atoms with Crippen molar-refractivity contribution in [3.8, 4) is 0 Å². The molecule has 8 heteroatoms. The predicted octanol–water partition coefficient (Wildman–Crippen LogP) is 2.91. The van der Waals surface area contributed by atoms with Gasteiger partial charge in [0.15, 0.2) is 0 Å². The first-order chi connectivity index (χ1) is 8.99. The van der Waals surface area contributed by atoms with E-state index in [4.69, 9.17) is 0 Å². The third kappa shape index (κ3) is 4.96. The average Bonchev–Trinajstić information content (AvgIpc) is 2.70. The number of hydrogen-bond donors (Lipinski definition) is 2. The van der Waals surface area contributed by atoms with Gasteiger partial charge in [-0.05, 0) is 67.2 Å². The Morgan fingerprint density at radius 1 is 1.55 bits per heavy atom. The molecule has 20 heavy (non-hydrogen) atoms. The van der Waals surface area contributed by atoms with Crippen LogP contribution in [0.25, 0.3) is 0 Å². The van der Waals surface area contributed by atoms with Gasteiger partial charge in [-0.15, -0.1) is 23.7 Å². The summed E-state index contributed by atoms with van der Waals surface area (Å²) in [6, 6.07) is 1.67. The van der Waals surface area contributed by atoms with Crippen LogP contribution in [0.3, 0.4) is 0 Å². The molecule has 1 aromatic rings. The normalized spacial score (nSPS) is 19.6. The number of halogens is 2. The zero-order valence-electron chi connectivity index (χ0n) is 11.3. The lowest BCUT2D eigenvalue weighted by molar-refractivity contribution is 0.358. The maximum Gasteiger partial charge on any atom is 0.241 e. The Bertz CT molecular complexity index is 528. The first-order valence-electron chi connectivity index (χ1n) is 6.45. The van der Waals surface area contributed by atoms with Gasteiger partial charge in [-0.25, -0.2) is 13.1 Å². The number of nitrogens with one attached hydrogen (secondary N) is 2. The van der Waals surface area contributed by atoms with Crippen LogP contribution in [-0.2, 0) is 10.0 Å². The zero-order valence-corrected chi connectivity index (χ0v) is 15.4. The van der Waals surface area contributed by atoms with E-state index in [-0.39, 0.29) is 12.4 Å². The first kappa shape index (κ1) is 18.4. The minimum Gasteiger partial charge on any atom is -0.316 e. The van der Waals surface area contributed by atoms with Crippen LogP contribution in [0.1, 0.15) is 24.1 Å².